The standard InChI is InChI=1S/C13H13FN2O2/c1-15-10-5-18-6-11-12(10)8-3-2-7(14)4-9(8)13(17)16-11/h2-4,10,15H,5-6H2,1H3,(H,16,17). The topological polar surface area (TPSA) is 54.1 Å². The monoisotopic (exact) mass is 248 g/mol. The summed E-state index contributed by atoms with van der Waals surface area (Å²) in [5, 5.41) is 4.32. The maximum absolute atomic E-state index is 13.2. The van der Waals surface area contributed by atoms with E-state index in [4.69, 9.17) is 4.74 Å². The number of fused-ring (bicyclic) bond motifs is 3. The van der Waals surface area contributed by atoms with Gasteiger partial charge in [0.1, 0.15) is 5.82 Å². The molecule has 5 heteroatoms. The molecule has 1 aromatic carbocycles. The van der Waals surface area contributed by atoms with Crippen molar-refractivity contribution in [3.05, 3.63) is 45.6 Å². The summed E-state index contributed by atoms with van der Waals surface area (Å²) in [6.45, 7) is 0.929. The fourth-order valence-corrected chi connectivity index (χ4v) is 2.48. The molecule has 4 nitrogen and oxygen atoms in total. The second kappa shape index (κ2) is 4.19. The summed E-state index contributed by atoms with van der Waals surface area (Å²) in [6, 6.07) is 4.33. The summed E-state index contributed by atoms with van der Waals surface area (Å²) in [4.78, 5) is 14.7. The van der Waals surface area contributed by atoms with E-state index in [1.54, 1.807) is 6.07 Å². The number of pyridine rings is 1. The lowest BCUT2D eigenvalue weighted by Gasteiger charge is -2.26. The van der Waals surface area contributed by atoms with E-state index < -0.39 is 5.82 Å². The van der Waals surface area contributed by atoms with Crippen LogP contribution in [-0.4, -0.2) is 18.6 Å². The zero-order valence-corrected chi connectivity index (χ0v) is 9.92. The van der Waals surface area contributed by atoms with Gasteiger partial charge in [0.05, 0.1) is 24.6 Å². The van der Waals surface area contributed by atoms with Crippen LogP contribution in [0.15, 0.2) is 23.0 Å². The summed E-state index contributed by atoms with van der Waals surface area (Å²) in [5.41, 5.74) is 1.49. The molecule has 2 aromatic rings. The van der Waals surface area contributed by atoms with Crippen LogP contribution in [0.25, 0.3) is 10.8 Å². The summed E-state index contributed by atoms with van der Waals surface area (Å²) in [6.07, 6.45) is 0. The highest BCUT2D eigenvalue weighted by Gasteiger charge is 2.23. The zero-order valence-electron chi connectivity index (χ0n) is 9.92. The number of hydrogen-bond acceptors (Lipinski definition) is 3. The largest absolute Gasteiger partial charge is 0.373 e. The Morgan fingerprint density at radius 1 is 1.44 bits per heavy atom. The number of likely N-dealkylation sites (N-methyl/N-ethyl adjacent to an activating group) is 1. The number of halogens is 1. The molecule has 0 saturated heterocycles. The smallest absolute Gasteiger partial charge is 0.256 e. The fourth-order valence-electron chi connectivity index (χ4n) is 2.48. The first-order valence-electron chi connectivity index (χ1n) is 5.80. The lowest BCUT2D eigenvalue weighted by Crippen LogP contribution is -2.30. The maximum atomic E-state index is 13.2. The second-order valence-electron chi connectivity index (χ2n) is 4.39. The fraction of sp³-hybridized carbons (Fsp3) is 0.308. The van der Waals surface area contributed by atoms with E-state index in [1.807, 2.05) is 7.05 Å². The molecule has 0 radical (unpaired) electrons. The number of benzene rings is 1. The van der Waals surface area contributed by atoms with Crippen molar-refractivity contribution in [3.63, 3.8) is 0 Å². The van der Waals surface area contributed by atoms with Gasteiger partial charge in [0, 0.05) is 11.3 Å². The number of ether oxygens (including phenoxy) is 1. The number of H-pyrrole nitrogens is 1. The van der Waals surface area contributed by atoms with Crippen LogP contribution in [0.4, 0.5) is 4.39 Å². The number of aromatic amines is 1. The van der Waals surface area contributed by atoms with Gasteiger partial charge in [-0.15, -0.1) is 0 Å². The van der Waals surface area contributed by atoms with Gasteiger partial charge in [-0.05, 0) is 24.6 Å². The molecule has 0 aliphatic carbocycles. The molecule has 0 amide bonds. The van der Waals surface area contributed by atoms with Crippen LogP contribution in [-0.2, 0) is 11.3 Å². The Morgan fingerprint density at radius 3 is 3.06 bits per heavy atom. The van der Waals surface area contributed by atoms with Gasteiger partial charge in [-0.3, -0.25) is 4.79 Å². The molecule has 94 valence electrons. The predicted molar refractivity (Wildman–Crippen MR) is 66.0 cm³/mol. The molecule has 18 heavy (non-hydrogen) atoms. The van der Waals surface area contributed by atoms with Gasteiger partial charge >= 0.3 is 0 Å². The molecule has 0 bridgehead atoms. The van der Waals surface area contributed by atoms with Crippen LogP contribution in [0.2, 0.25) is 0 Å². The van der Waals surface area contributed by atoms with Crippen LogP contribution in [0, 0.1) is 5.82 Å². The first-order valence-corrected chi connectivity index (χ1v) is 5.80. The van der Waals surface area contributed by atoms with Crippen molar-refractivity contribution < 1.29 is 9.13 Å². The Labute approximate surface area is 103 Å². The Bertz CT molecular complexity index is 666. The summed E-state index contributed by atoms with van der Waals surface area (Å²) < 4.78 is 18.7. The highest BCUT2D eigenvalue weighted by Crippen LogP contribution is 2.29. The van der Waals surface area contributed by atoms with Crippen LogP contribution in [0.3, 0.4) is 0 Å². The molecule has 0 spiro atoms. The Morgan fingerprint density at radius 2 is 2.28 bits per heavy atom. The number of nitrogens with one attached hydrogen (secondary N) is 2. The molecule has 1 unspecified atom stereocenters. The van der Waals surface area contributed by atoms with E-state index in [-0.39, 0.29) is 11.6 Å². The van der Waals surface area contributed by atoms with Gasteiger partial charge in [-0.1, -0.05) is 6.07 Å². The highest BCUT2D eigenvalue weighted by molar-refractivity contribution is 5.86. The highest BCUT2D eigenvalue weighted by atomic mass is 19.1. The number of aromatic nitrogens is 1. The Hall–Kier alpha value is -1.72. The molecule has 0 saturated carbocycles. The van der Waals surface area contributed by atoms with Crippen LogP contribution >= 0.6 is 0 Å². The first kappa shape index (κ1) is 11.4. The van der Waals surface area contributed by atoms with E-state index in [1.165, 1.54) is 12.1 Å². The SMILES string of the molecule is CNC1COCc2[nH]c(=O)c3cc(F)ccc3c21. The molecule has 1 aromatic heterocycles. The van der Waals surface area contributed by atoms with Crippen LogP contribution in [0.1, 0.15) is 17.3 Å². The molecular weight excluding hydrogens is 235 g/mol. The molecule has 0 fully saturated rings. The average Bonchev–Trinajstić information content (AvgIpc) is 2.38. The predicted octanol–water partition coefficient (Wildman–Crippen LogP) is 1.46. The van der Waals surface area contributed by atoms with Gasteiger partial charge in [-0.2, -0.15) is 0 Å². The van der Waals surface area contributed by atoms with Crippen molar-refractivity contribution >= 4 is 10.8 Å². The average molecular weight is 248 g/mol. The third-order valence-corrected chi connectivity index (χ3v) is 3.33. The molecule has 3 rings (SSSR count). The van der Waals surface area contributed by atoms with E-state index in [0.717, 1.165) is 16.6 Å². The van der Waals surface area contributed by atoms with Crippen LogP contribution < -0.4 is 10.9 Å². The van der Waals surface area contributed by atoms with E-state index in [2.05, 4.69) is 10.3 Å². The lowest BCUT2D eigenvalue weighted by molar-refractivity contribution is 0.0819. The van der Waals surface area contributed by atoms with Gasteiger partial charge in [0.15, 0.2) is 0 Å². The van der Waals surface area contributed by atoms with Gasteiger partial charge < -0.3 is 15.0 Å². The minimum atomic E-state index is -0.402. The minimum Gasteiger partial charge on any atom is -0.373 e. The second-order valence-corrected chi connectivity index (χ2v) is 4.39. The molecular formula is C13H13FN2O2. The van der Waals surface area contributed by atoms with Crippen molar-refractivity contribution in [1.82, 2.24) is 10.3 Å². The van der Waals surface area contributed by atoms with Crippen molar-refractivity contribution in [1.29, 1.82) is 0 Å². The van der Waals surface area contributed by atoms with Crippen LogP contribution in [0.5, 0.6) is 0 Å². The lowest BCUT2D eigenvalue weighted by atomic mass is 9.97. The Balaban J connectivity index is 2.39. The normalized spacial score (nSPS) is 18.9. The quantitative estimate of drug-likeness (QED) is 0.803. The van der Waals surface area contributed by atoms with Gasteiger partial charge in [0.2, 0.25) is 0 Å². The maximum Gasteiger partial charge on any atom is 0.256 e. The summed E-state index contributed by atoms with van der Waals surface area (Å²) >= 11 is 0. The first-order chi connectivity index (χ1) is 8.70. The molecule has 1 aliphatic rings. The summed E-state index contributed by atoms with van der Waals surface area (Å²) in [7, 11) is 1.84. The molecule has 2 heterocycles. The van der Waals surface area contributed by atoms with E-state index >= 15 is 0 Å². The third-order valence-electron chi connectivity index (χ3n) is 3.33. The van der Waals surface area contributed by atoms with Gasteiger partial charge in [-0.25, -0.2) is 4.39 Å². The molecule has 1 aliphatic heterocycles. The minimum absolute atomic E-state index is 0.0126. The Kier molecular flexibility index (Phi) is 2.65. The number of hydrogen-bond donors (Lipinski definition) is 2. The van der Waals surface area contributed by atoms with Crippen molar-refractivity contribution in [2.75, 3.05) is 13.7 Å². The van der Waals surface area contributed by atoms with Crippen molar-refractivity contribution in [2.45, 2.75) is 12.6 Å². The van der Waals surface area contributed by atoms with Gasteiger partial charge in [0.25, 0.3) is 5.56 Å². The van der Waals surface area contributed by atoms with E-state index in [9.17, 15) is 9.18 Å². The van der Waals surface area contributed by atoms with Crippen molar-refractivity contribution in [2.24, 2.45) is 0 Å². The number of rotatable bonds is 1. The van der Waals surface area contributed by atoms with E-state index in [0.29, 0.717) is 18.6 Å². The van der Waals surface area contributed by atoms with Crippen molar-refractivity contribution in [3.8, 4) is 0 Å². The molecule has 1 atom stereocenters. The summed E-state index contributed by atoms with van der Waals surface area (Å²) in [5.74, 6) is -0.402. The third kappa shape index (κ3) is 1.63. The molecule has 2 N–H and O–H groups in total. The zero-order chi connectivity index (χ0) is 12.7.